The molecule has 0 saturated carbocycles. The molecule has 3 heteroatoms. The minimum atomic E-state index is -0.325. The normalized spacial score (nSPS) is 11.7. The van der Waals surface area contributed by atoms with Gasteiger partial charge in [-0.15, -0.1) is 0 Å². The summed E-state index contributed by atoms with van der Waals surface area (Å²) in [5.41, 5.74) is 9.25. The van der Waals surface area contributed by atoms with E-state index in [0.717, 1.165) is 55.4 Å². The highest BCUT2D eigenvalue weighted by atomic mass is 19.1. The van der Waals surface area contributed by atoms with Crippen LogP contribution in [-0.2, 0) is 7.05 Å². The molecule has 7 aromatic rings. The zero-order valence-electron chi connectivity index (χ0n) is 23.3. The van der Waals surface area contributed by atoms with Crippen LogP contribution >= 0.6 is 0 Å². The molecule has 2 aromatic heterocycles. The van der Waals surface area contributed by atoms with Crippen LogP contribution in [0, 0.1) is 12.7 Å². The van der Waals surface area contributed by atoms with Gasteiger partial charge in [0.25, 0.3) is 0 Å². The fourth-order valence-corrected chi connectivity index (χ4v) is 5.61. The molecule has 7 rings (SSSR count). The molecule has 192 valence electrons. The third-order valence-electron chi connectivity index (χ3n) is 7.65. The van der Waals surface area contributed by atoms with Crippen LogP contribution in [0.2, 0.25) is 0 Å². The van der Waals surface area contributed by atoms with E-state index in [4.69, 9.17) is 5.79 Å². The van der Waals surface area contributed by atoms with Crippen molar-refractivity contribution in [3.8, 4) is 44.6 Å². The summed E-state index contributed by atoms with van der Waals surface area (Å²) in [6.45, 7) is 2.04. The number of fused-ring (bicyclic) bond motifs is 3. The smallest absolute Gasteiger partial charge is 0.216 e. The summed E-state index contributed by atoms with van der Waals surface area (Å²) in [7, 11) is 1.91. The van der Waals surface area contributed by atoms with Crippen LogP contribution in [0.15, 0.2) is 132 Å². The lowest BCUT2D eigenvalue weighted by Crippen LogP contribution is -2.30. The van der Waals surface area contributed by atoms with Crippen LogP contribution in [0.4, 0.5) is 4.39 Å². The standard InChI is InChI=1S/C37H27FNO/c1-24-13-19-30-31-20-21-32(38)35(28-16-14-27(15-17-28)25-9-5-3-6-10-25)37(31)40-36(30)34(24)33-22-18-29(23-39(33)2)26-11-7-4-8-12-26/h3-23H,1-2H3/q+1/i23D. The van der Waals surface area contributed by atoms with Crippen molar-refractivity contribution < 1.29 is 14.7 Å². The summed E-state index contributed by atoms with van der Waals surface area (Å²) in [5.74, 6) is -0.325. The van der Waals surface area contributed by atoms with Gasteiger partial charge in [-0.05, 0) is 52.9 Å². The van der Waals surface area contributed by atoms with Gasteiger partial charge in [0.1, 0.15) is 25.4 Å². The maximum absolute atomic E-state index is 15.5. The van der Waals surface area contributed by atoms with Gasteiger partial charge < -0.3 is 4.42 Å². The first-order chi connectivity index (χ1) is 20.0. The van der Waals surface area contributed by atoms with Crippen molar-refractivity contribution in [3.63, 3.8) is 0 Å². The van der Waals surface area contributed by atoms with E-state index in [1.54, 1.807) is 6.07 Å². The van der Waals surface area contributed by atoms with E-state index >= 15 is 4.39 Å². The molecule has 0 radical (unpaired) electrons. The van der Waals surface area contributed by atoms with E-state index in [0.29, 0.717) is 22.9 Å². The summed E-state index contributed by atoms with van der Waals surface area (Å²) in [4.78, 5) is 0. The summed E-state index contributed by atoms with van der Waals surface area (Å²) in [6, 6.07) is 39.5. The predicted octanol–water partition coefficient (Wildman–Crippen LogP) is 9.53. The van der Waals surface area contributed by atoms with Crippen LogP contribution in [0.25, 0.3) is 66.6 Å². The zero-order chi connectivity index (χ0) is 28.1. The molecule has 0 saturated heterocycles. The Labute approximate surface area is 234 Å². The lowest BCUT2D eigenvalue weighted by Gasteiger charge is -2.07. The van der Waals surface area contributed by atoms with Crippen molar-refractivity contribution in [1.82, 2.24) is 0 Å². The van der Waals surface area contributed by atoms with Gasteiger partial charge in [-0.25, -0.2) is 8.96 Å². The third-order valence-corrected chi connectivity index (χ3v) is 7.65. The molecule has 0 bridgehead atoms. The fourth-order valence-electron chi connectivity index (χ4n) is 5.61. The molecule has 0 N–H and O–H groups in total. The average molecular weight is 522 g/mol. The second kappa shape index (κ2) is 9.62. The largest absolute Gasteiger partial charge is 0.454 e. The maximum atomic E-state index is 15.5. The molecule has 40 heavy (non-hydrogen) atoms. The molecule has 0 aliphatic heterocycles. The monoisotopic (exact) mass is 521 g/mol. The highest BCUT2D eigenvalue weighted by Crippen LogP contribution is 2.42. The van der Waals surface area contributed by atoms with Crippen LogP contribution in [-0.4, -0.2) is 0 Å². The van der Waals surface area contributed by atoms with E-state index < -0.39 is 0 Å². The second-order valence-corrected chi connectivity index (χ2v) is 10.1. The number of furan rings is 1. The number of aryl methyl sites for hydroxylation is 1. The number of halogens is 1. The van der Waals surface area contributed by atoms with E-state index in [2.05, 4.69) is 18.2 Å². The van der Waals surface area contributed by atoms with Crippen molar-refractivity contribution in [2.45, 2.75) is 6.92 Å². The van der Waals surface area contributed by atoms with Gasteiger partial charge in [-0.3, -0.25) is 0 Å². The summed E-state index contributed by atoms with van der Waals surface area (Å²) in [5, 5.41) is 1.78. The Kier molecular flexibility index (Phi) is 5.51. The van der Waals surface area contributed by atoms with Crippen LogP contribution in [0.3, 0.4) is 0 Å². The van der Waals surface area contributed by atoms with E-state index in [9.17, 15) is 0 Å². The first kappa shape index (κ1) is 22.9. The topological polar surface area (TPSA) is 17.0 Å². The summed E-state index contributed by atoms with van der Waals surface area (Å²) >= 11 is 0. The maximum Gasteiger partial charge on any atom is 0.216 e. The number of aromatic nitrogens is 1. The lowest BCUT2D eigenvalue weighted by molar-refractivity contribution is -0.659. The molecule has 0 fully saturated rings. The lowest BCUT2D eigenvalue weighted by atomic mass is 9.97. The number of nitrogens with zero attached hydrogens (tertiary/aromatic N) is 1. The molecule has 2 heterocycles. The van der Waals surface area contributed by atoms with Gasteiger partial charge in [0.2, 0.25) is 5.69 Å². The molecular weight excluding hydrogens is 493 g/mol. The second-order valence-electron chi connectivity index (χ2n) is 10.1. The molecular formula is C37H27FNO+. The summed E-state index contributed by atoms with van der Waals surface area (Å²) in [6.07, 6.45) is 0.409. The van der Waals surface area contributed by atoms with E-state index in [1.807, 2.05) is 110 Å². The van der Waals surface area contributed by atoms with Gasteiger partial charge in [0, 0.05) is 22.4 Å². The van der Waals surface area contributed by atoms with Crippen molar-refractivity contribution in [2.75, 3.05) is 0 Å². The molecule has 0 unspecified atom stereocenters. The van der Waals surface area contributed by atoms with Gasteiger partial charge in [-0.1, -0.05) is 97.1 Å². The van der Waals surface area contributed by atoms with E-state index in [-0.39, 0.29) is 5.82 Å². The number of pyridine rings is 1. The Morgan fingerprint density at radius 3 is 1.77 bits per heavy atom. The first-order valence-electron chi connectivity index (χ1n) is 13.9. The molecule has 0 spiro atoms. The minimum absolute atomic E-state index is 0.325. The van der Waals surface area contributed by atoms with Crippen molar-refractivity contribution in [1.29, 1.82) is 0 Å². The van der Waals surface area contributed by atoms with Gasteiger partial charge >= 0.3 is 0 Å². The highest BCUT2D eigenvalue weighted by Gasteiger charge is 2.23. The molecule has 2 nitrogen and oxygen atoms in total. The first-order valence-corrected chi connectivity index (χ1v) is 13.4. The molecule has 5 aromatic carbocycles. The highest BCUT2D eigenvalue weighted by molar-refractivity contribution is 6.13. The summed E-state index contributed by atoms with van der Waals surface area (Å²) < 4.78 is 32.9. The Balaban J connectivity index is 1.41. The average Bonchev–Trinajstić information content (AvgIpc) is 3.38. The Morgan fingerprint density at radius 2 is 1.10 bits per heavy atom. The number of rotatable bonds is 4. The Morgan fingerprint density at radius 1 is 0.575 bits per heavy atom. The number of benzene rings is 5. The van der Waals surface area contributed by atoms with Gasteiger partial charge in [0.15, 0.2) is 6.17 Å². The molecule has 0 atom stereocenters. The SMILES string of the molecule is [2H]c1c(-c2ccccc2)ccc(-c2c(C)ccc3c2oc2c(-c4ccc(-c5ccccc5)cc4)c(F)ccc23)[n+]1C. The van der Waals surface area contributed by atoms with Gasteiger partial charge in [0.05, 0.1) is 11.1 Å². The molecule has 0 aliphatic rings. The number of hydrogen-bond donors (Lipinski definition) is 0. The van der Waals surface area contributed by atoms with Crippen molar-refractivity contribution in [2.24, 2.45) is 7.05 Å². The third kappa shape index (κ3) is 3.99. The Hall–Kier alpha value is -5.02. The number of hydrogen-bond acceptors (Lipinski definition) is 1. The Bertz CT molecular complexity index is 2060. The van der Waals surface area contributed by atoms with Crippen molar-refractivity contribution >= 4 is 21.9 Å². The van der Waals surface area contributed by atoms with E-state index in [1.165, 1.54) is 6.07 Å². The quantitative estimate of drug-likeness (QED) is 0.211. The van der Waals surface area contributed by atoms with Crippen LogP contribution in [0.1, 0.15) is 6.93 Å². The van der Waals surface area contributed by atoms with Crippen LogP contribution < -0.4 is 4.57 Å². The van der Waals surface area contributed by atoms with Crippen LogP contribution in [0.5, 0.6) is 0 Å². The minimum Gasteiger partial charge on any atom is -0.454 e. The molecule has 0 aliphatic carbocycles. The molecule has 0 amide bonds. The predicted molar refractivity (Wildman–Crippen MR) is 161 cm³/mol. The fraction of sp³-hybridized carbons (Fsp3) is 0.0541. The van der Waals surface area contributed by atoms with Gasteiger partial charge in [-0.2, -0.15) is 0 Å². The van der Waals surface area contributed by atoms with Crippen molar-refractivity contribution in [3.05, 3.63) is 139 Å². The zero-order valence-corrected chi connectivity index (χ0v) is 22.3.